The molecular formula is C14H19ClN2O2. The van der Waals surface area contributed by atoms with Gasteiger partial charge in [-0.15, -0.1) is 0 Å². The van der Waals surface area contributed by atoms with Crippen LogP contribution in [0, 0.1) is 6.92 Å². The molecule has 0 atom stereocenters. The predicted octanol–water partition coefficient (Wildman–Crippen LogP) is 3.58. The molecule has 0 bridgehead atoms. The number of hydrogen-bond donors (Lipinski definition) is 1. The van der Waals surface area contributed by atoms with Gasteiger partial charge in [0, 0.05) is 12.7 Å². The van der Waals surface area contributed by atoms with Crippen molar-refractivity contribution in [2.45, 2.75) is 33.3 Å². The highest BCUT2D eigenvalue weighted by Gasteiger charge is 2.14. The Hall–Kier alpha value is -1.55. The molecule has 104 valence electrons. The van der Waals surface area contributed by atoms with Crippen molar-refractivity contribution in [2.24, 2.45) is 0 Å². The Morgan fingerprint density at radius 2 is 2.21 bits per heavy atom. The second-order valence-corrected chi connectivity index (χ2v) is 5.58. The van der Waals surface area contributed by atoms with Crippen LogP contribution < -0.4 is 5.32 Å². The van der Waals surface area contributed by atoms with Gasteiger partial charge in [0.2, 0.25) is 0 Å². The standard InChI is InChI=1S/C14H19ClN2O2/c1-10-8-11(15)9-17-12(10)6-5-7-16-13(18)19-14(2,3)4/h5-6,8-9H,7H2,1-4H3,(H,16,18). The normalized spacial score (nSPS) is 11.6. The zero-order valence-electron chi connectivity index (χ0n) is 11.7. The van der Waals surface area contributed by atoms with Crippen molar-refractivity contribution in [3.63, 3.8) is 0 Å². The number of nitrogens with zero attached hydrogens (tertiary/aromatic N) is 1. The molecule has 0 unspecified atom stereocenters. The molecule has 1 rings (SSSR count). The van der Waals surface area contributed by atoms with E-state index in [1.165, 1.54) is 0 Å². The van der Waals surface area contributed by atoms with Crippen LogP contribution in [0.4, 0.5) is 4.79 Å². The van der Waals surface area contributed by atoms with Gasteiger partial charge in [-0.25, -0.2) is 4.79 Å². The first-order valence-electron chi connectivity index (χ1n) is 6.03. The lowest BCUT2D eigenvalue weighted by Gasteiger charge is -2.19. The number of hydrogen-bond acceptors (Lipinski definition) is 3. The van der Waals surface area contributed by atoms with E-state index < -0.39 is 11.7 Å². The number of carbonyl (C=O) groups excluding carboxylic acids is 1. The van der Waals surface area contributed by atoms with Crippen molar-refractivity contribution in [3.05, 3.63) is 34.6 Å². The molecule has 0 fully saturated rings. The summed E-state index contributed by atoms with van der Waals surface area (Å²) in [5.74, 6) is 0. The van der Waals surface area contributed by atoms with Gasteiger partial charge in [-0.2, -0.15) is 0 Å². The third kappa shape index (κ3) is 6.25. The van der Waals surface area contributed by atoms with E-state index in [0.717, 1.165) is 11.3 Å². The summed E-state index contributed by atoms with van der Waals surface area (Å²) in [6.45, 7) is 7.79. The molecule has 0 radical (unpaired) electrons. The van der Waals surface area contributed by atoms with E-state index in [9.17, 15) is 4.79 Å². The van der Waals surface area contributed by atoms with Crippen LogP contribution in [0.15, 0.2) is 18.3 Å². The first-order valence-corrected chi connectivity index (χ1v) is 6.41. The Morgan fingerprint density at radius 3 is 2.79 bits per heavy atom. The first-order chi connectivity index (χ1) is 8.78. The van der Waals surface area contributed by atoms with Gasteiger partial charge in [0.15, 0.2) is 0 Å². The Balaban J connectivity index is 2.44. The number of pyridine rings is 1. The topological polar surface area (TPSA) is 51.2 Å². The Bertz CT molecular complexity index is 479. The van der Waals surface area contributed by atoms with Crippen LogP contribution in [0.2, 0.25) is 5.02 Å². The molecule has 0 saturated carbocycles. The molecule has 1 heterocycles. The predicted molar refractivity (Wildman–Crippen MR) is 77.3 cm³/mol. The van der Waals surface area contributed by atoms with E-state index in [-0.39, 0.29) is 0 Å². The fourth-order valence-corrected chi connectivity index (χ4v) is 1.56. The summed E-state index contributed by atoms with van der Waals surface area (Å²) in [5.41, 5.74) is 1.33. The SMILES string of the molecule is Cc1cc(Cl)cnc1C=CCNC(=O)OC(C)(C)C. The van der Waals surface area contributed by atoms with Crippen molar-refractivity contribution in [1.29, 1.82) is 0 Å². The summed E-state index contributed by atoms with van der Waals surface area (Å²) in [6.07, 6.45) is 4.81. The smallest absolute Gasteiger partial charge is 0.407 e. The molecule has 5 heteroatoms. The molecular weight excluding hydrogens is 264 g/mol. The Morgan fingerprint density at radius 1 is 1.53 bits per heavy atom. The van der Waals surface area contributed by atoms with Crippen LogP contribution in [-0.4, -0.2) is 23.2 Å². The van der Waals surface area contributed by atoms with Gasteiger partial charge in [-0.3, -0.25) is 4.98 Å². The lowest BCUT2D eigenvalue weighted by atomic mass is 10.2. The molecule has 0 spiro atoms. The van der Waals surface area contributed by atoms with Crippen LogP contribution >= 0.6 is 11.6 Å². The van der Waals surface area contributed by atoms with Crippen molar-refractivity contribution in [2.75, 3.05) is 6.54 Å². The molecule has 1 aromatic heterocycles. The third-order valence-corrected chi connectivity index (χ3v) is 2.33. The second-order valence-electron chi connectivity index (χ2n) is 5.14. The van der Waals surface area contributed by atoms with Crippen LogP contribution in [0.3, 0.4) is 0 Å². The highest BCUT2D eigenvalue weighted by Crippen LogP contribution is 2.13. The molecule has 0 saturated heterocycles. The first kappa shape index (κ1) is 15.5. The van der Waals surface area contributed by atoms with E-state index in [4.69, 9.17) is 16.3 Å². The number of alkyl carbamates (subject to hydrolysis) is 1. The molecule has 19 heavy (non-hydrogen) atoms. The molecule has 1 aromatic rings. The number of halogens is 1. The van der Waals surface area contributed by atoms with Gasteiger partial charge in [0.05, 0.1) is 10.7 Å². The fourth-order valence-electron chi connectivity index (χ4n) is 1.35. The second kappa shape index (κ2) is 6.57. The number of amides is 1. The summed E-state index contributed by atoms with van der Waals surface area (Å²) in [6, 6.07) is 1.84. The van der Waals surface area contributed by atoms with E-state index in [1.54, 1.807) is 6.20 Å². The highest BCUT2D eigenvalue weighted by molar-refractivity contribution is 6.30. The quantitative estimate of drug-likeness (QED) is 0.922. The molecule has 4 nitrogen and oxygen atoms in total. The van der Waals surface area contributed by atoms with Crippen LogP contribution in [0.1, 0.15) is 32.0 Å². The molecule has 0 aliphatic heterocycles. The number of ether oxygens (including phenoxy) is 1. The minimum Gasteiger partial charge on any atom is -0.444 e. The van der Waals surface area contributed by atoms with Crippen LogP contribution in [-0.2, 0) is 4.74 Å². The number of rotatable bonds is 3. The van der Waals surface area contributed by atoms with E-state index in [1.807, 2.05) is 45.9 Å². The number of nitrogens with one attached hydrogen (secondary N) is 1. The minimum atomic E-state index is -0.484. The largest absolute Gasteiger partial charge is 0.444 e. The van der Waals surface area contributed by atoms with E-state index >= 15 is 0 Å². The van der Waals surface area contributed by atoms with Crippen LogP contribution in [0.5, 0.6) is 0 Å². The number of carbonyl (C=O) groups is 1. The third-order valence-electron chi connectivity index (χ3n) is 2.12. The average Bonchev–Trinajstić information content (AvgIpc) is 2.24. The van der Waals surface area contributed by atoms with Gasteiger partial charge in [-0.05, 0) is 45.4 Å². The van der Waals surface area contributed by atoms with Gasteiger partial charge in [-0.1, -0.05) is 17.7 Å². The zero-order chi connectivity index (χ0) is 14.5. The molecule has 1 amide bonds. The summed E-state index contributed by atoms with van der Waals surface area (Å²) in [7, 11) is 0. The van der Waals surface area contributed by atoms with Crippen molar-refractivity contribution in [3.8, 4) is 0 Å². The maximum absolute atomic E-state index is 11.4. The summed E-state index contributed by atoms with van der Waals surface area (Å²) < 4.78 is 5.11. The van der Waals surface area contributed by atoms with E-state index in [0.29, 0.717) is 11.6 Å². The maximum atomic E-state index is 11.4. The Labute approximate surface area is 118 Å². The maximum Gasteiger partial charge on any atom is 0.407 e. The average molecular weight is 283 g/mol. The van der Waals surface area contributed by atoms with Gasteiger partial charge in [0.25, 0.3) is 0 Å². The Kier molecular flexibility index (Phi) is 5.36. The van der Waals surface area contributed by atoms with Gasteiger partial charge >= 0.3 is 6.09 Å². The molecule has 1 N–H and O–H groups in total. The zero-order valence-corrected chi connectivity index (χ0v) is 12.4. The molecule has 0 aliphatic carbocycles. The van der Waals surface area contributed by atoms with Crippen molar-refractivity contribution >= 4 is 23.8 Å². The monoisotopic (exact) mass is 282 g/mol. The van der Waals surface area contributed by atoms with Crippen molar-refractivity contribution in [1.82, 2.24) is 10.3 Å². The fraction of sp³-hybridized carbons (Fsp3) is 0.429. The lowest BCUT2D eigenvalue weighted by Crippen LogP contribution is -2.32. The summed E-state index contributed by atoms with van der Waals surface area (Å²) in [5, 5.41) is 3.25. The number of aromatic nitrogens is 1. The van der Waals surface area contributed by atoms with Crippen molar-refractivity contribution < 1.29 is 9.53 Å². The lowest BCUT2D eigenvalue weighted by molar-refractivity contribution is 0.0534. The van der Waals surface area contributed by atoms with E-state index in [2.05, 4.69) is 10.3 Å². The molecule has 0 aromatic carbocycles. The minimum absolute atomic E-state index is 0.388. The van der Waals surface area contributed by atoms with Gasteiger partial charge < -0.3 is 10.1 Å². The summed E-state index contributed by atoms with van der Waals surface area (Å²) in [4.78, 5) is 15.6. The van der Waals surface area contributed by atoms with Crippen LogP contribution in [0.25, 0.3) is 6.08 Å². The molecule has 0 aliphatic rings. The highest BCUT2D eigenvalue weighted by atomic mass is 35.5. The van der Waals surface area contributed by atoms with Gasteiger partial charge in [0.1, 0.15) is 5.60 Å². The summed E-state index contributed by atoms with van der Waals surface area (Å²) >= 11 is 5.82. The number of aryl methyl sites for hydroxylation is 1.